The van der Waals surface area contributed by atoms with Gasteiger partial charge in [0.2, 0.25) is 10.0 Å². The molecule has 1 N–H and O–H groups in total. The summed E-state index contributed by atoms with van der Waals surface area (Å²) in [6.45, 7) is 1.49. The second-order valence-corrected chi connectivity index (χ2v) is 9.61. The summed E-state index contributed by atoms with van der Waals surface area (Å²) in [5.41, 5.74) is 2.02. The first-order valence-electron chi connectivity index (χ1n) is 8.53. The summed E-state index contributed by atoms with van der Waals surface area (Å²) in [6, 6.07) is 11.1. The average Bonchev–Trinajstić information content (AvgIpc) is 3.07. The lowest BCUT2D eigenvalue weighted by Gasteiger charge is -2.11. The highest BCUT2D eigenvalue weighted by molar-refractivity contribution is 7.89. The molecule has 8 nitrogen and oxygen atoms in total. The van der Waals surface area contributed by atoms with E-state index in [-0.39, 0.29) is 10.5 Å². The Morgan fingerprint density at radius 2 is 1.83 bits per heavy atom. The molecule has 1 amide bonds. The summed E-state index contributed by atoms with van der Waals surface area (Å²) in [5.74, 6) is -1.24. The normalized spacial score (nSPS) is 11.6. The fourth-order valence-electron chi connectivity index (χ4n) is 2.43. The Bertz CT molecular complexity index is 1170. The number of ether oxygens (including phenoxy) is 1. The Kier molecular flexibility index (Phi) is 5.96. The third kappa shape index (κ3) is 4.78. The largest absolute Gasteiger partial charge is 0.452 e. The highest BCUT2D eigenvalue weighted by Gasteiger charge is 2.18. The molecule has 0 spiro atoms. The van der Waals surface area contributed by atoms with Gasteiger partial charge in [-0.25, -0.2) is 22.5 Å². The Balaban J connectivity index is 1.58. The Hall–Kier alpha value is -2.82. The smallest absolute Gasteiger partial charge is 0.338 e. The lowest BCUT2D eigenvalue weighted by molar-refractivity contribution is -0.119. The van der Waals surface area contributed by atoms with Crippen LogP contribution in [0.1, 0.15) is 15.9 Å². The third-order valence-electron chi connectivity index (χ3n) is 3.99. The first kappa shape index (κ1) is 20.9. The van der Waals surface area contributed by atoms with Gasteiger partial charge in [0.1, 0.15) is 0 Å². The van der Waals surface area contributed by atoms with Gasteiger partial charge in [0.25, 0.3) is 5.91 Å². The molecular weight excluding hydrogens is 414 g/mol. The molecule has 0 radical (unpaired) electrons. The Morgan fingerprint density at radius 3 is 2.48 bits per heavy atom. The van der Waals surface area contributed by atoms with Crippen LogP contribution in [0, 0.1) is 6.92 Å². The molecule has 1 heterocycles. The molecule has 0 aliphatic carbocycles. The minimum atomic E-state index is -3.58. The van der Waals surface area contributed by atoms with E-state index in [1.807, 2.05) is 25.1 Å². The predicted molar refractivity (Wildman–Crippen MR) is 111 cm³/mol. The maximum absolute atomic E-state index is 12.1. The number of esters is 1. The first-order chi connectivity index (χ1) is 13.7. The molecule has 3 aromatic rings. The van der Waals surface area contributed by atoms with Gasteiger partial charge in [-0.05, 0) is 48.9 Å². The average molecular weight is 434 g/mol. The first-order valence-corrected chi connectivity index (χ1v) is 10.8. The highest BCUT2D eigenvalue weighted by atomic mass is 32.2. The molecule has 0 bridgehead atoms. The number of fused-ring (bicyclic) bond motifs is 1. The van der Waals surface area contributed by atoms with E-state index in [0.29, 0.717) is 5.13 Å². The molecule has 0 aliphatic rings. The van der Waals surface area contributed by atoms with Crippen LogP contribution in [-0.2, 0) is 19.6 Å². The number of benzene rings is 2. The van der Waals surface area contributed by atoms with Gasteiger partial charge in [-0.3, -0.25) is 10.1 Å². The van der Waals surface area contributed by atoms with Crippen molar-refractivity contribution in [2.45, 2.75) is 11.8 Å². The summed E-state index contributed by atoms with van der Waals surface area (Å²) in [4.78, 5) is 28.5. The van der Waals surface area contributed by atoms with Gasteiger partial charge in [-0.15, -0.1) is 0 Å². The number of rotatable bonds is 6. The summed E-state index contributed by atoms with van der Waals surface area (Å²) in [6.07, 6.45) is 0. The molecule has 152 valence electrons. The van der Waals surface area contributed by atoms with Gasteiger partial charge < -0.3 is 4.74 Å². The summed E-state index contributed by atoms with van der Waals surface area (Å²) in [7, 11) is -0.744. The molecule has 0 saturated heterocycles. The van der Waals surface area contributed by atoms with Crippen molar-refractivity contribution < 1.29 is 22.7 Å². The van der Waals surface area contributed by atoms with E-state index in [1.54, 1.807) is 0 Å². The monoisotopic (exact) mass is 433 g/mol. The quantitative estimate of drug-likeness (QED) is 0.599. The molecule has 0 aliphatic heterocycles. The number of carbonyl (C=O) groups excluding carboxylic acids is 2. The van der Waals surface area contributed by atoms with Gasteiger partial charge in [-0.1, -0.05) is 17.4 Å². The van der Waals surface area contributed by atoms with E-state index in [0.717, 1.165) is 20.1 Å². The number of nitrogens with one attached hydrogen (secondary N) is 1. The number of carbonyl (C=O) groups is 2. The van der Waals surface area contributed by atoms with Crippen LogP contribution in [-0.4, -0.2) is 50.3 Å². The lowest BCUT2D eigenvalue weighted by Crippen LogP contribution is -2.22. The highest BCUT2D eigenvalue weighted by Crippen LogP contribution is 2.26. The van der Waals surface area contributed by atoms with Crippen LogP contribution in [0.3, 0.4) is 0 Å². The summed E-state index contributed by atoms with van der Waals surface area (Å²) < 4.78 is 31.1. The number of aryl methyl sites for hydroxylation is 1. The van der Waals surface area contributed by atoms with Crippen LogP contribution in [0.2, 0.25) is 0 Å². The lowest BCUT2D eigenvalue weighted by atomic mass is 10.2. The molecule has 0 fully saturated rings. The van der Waals surface area contributed by atoms with Crippen molar-refractivity contribution in [1.82, 2.24) is 9.29 Å². The van der Waals surface area contributed by atoms with Crippen molar-refractivity contribution in [3.63, 3.8) is 0 Å². The summed E-state index contributed by atoms with van der Waals surface area (Å²) >= 11 is 1.33. The number of aromatic nitrogens is 1. The molecule has 0 unspecified atom stereocenters. The molecule has 1 aromatic heterocycles. The number of hydrogen-bond donors (Lipinski definition) is 1. The maximum Gasteiger partial charge on any atom is 0.338 e. The molecule has 3 rings (SSSR count). The number of nitrogens with zero attached hydrogens (tertiary/aromatic N) is 2. The van der Waals surface area contributed by atoms with Gasteiger partial charge in [0, 0.05) is 14.1 Å². The standard InChI is InChI=1S/C19H19N3O5S2/c1-12-4-9-15-16(10-12)28-19(20-15)21-17(23)11-27-18(24)13-5-7-14(8-6-13)29(25,26)22(2)3/h4-10H,11H2,1-3H3,(H,20,21,23). The number of sulfonamides is 1. The van der Waals surface area contributed by atoms with Gasteiger partial charge >= 0.3 is 5.97 Å². The van der Waals surface area contributed by atoms with E-state index in [1.165, 1.54) is 49.7 Å². The van der Waals surface area contributed by atoms with E-state index >= 15 is 0 Å². The molecule has 10 heteroatoms. The van der Waals surface area contributed by atoms with E-state index in [9.17, 15) is 18.0 Å². The van der Waals surface area contributed by atoms with Crippen LogP contribution in [0.15, 0.2) is 47.4 Å². The van der Waals surface area contributed by atoms with Crippen molar-refractivity contribution in [3.05, 3.63) is 53.6 Å². The van der Waals surface area contributed by atoms with Gasteiger partial charge in [0.15, 0.2) is 11.7 Å². The number of amides is 1. The van der Waals surface area contributed by atoms with E-state index in [4.69, 9.17) is 4.74 Å². The van der Waals surface area contributed by atoms with Crippen LogP contribution >= 0.6 is 11.3 Å². The third-order valence-corrected chi connectivity index (χ3v) is 6.76. The topological polar surface area (TPSA) is 106 Å². The number of thiazole rings is 1. The van der Waals surface area contributed by atoms with Crippen molar-refractivity contribution >= 4 is 48.6 Å². The minimum absolute atomic E-state index is 0.0582. The maximum atomic E-state index is 12.1. The molecule has 29 heavy (non-hydrogen) atoms. The predicted octanol–water partition coefficient (Wildman–Crippen LogP) is 2.65. The zero-order valence-corrected chi connectivity index (χ0v) is 17.6. The zero-order valence-electron chi connectivity index (χ0n) is 16.0. The molecule has 2 aromatic carbocycles. The van der Waals surface area contributed by atoms with Crippen molar-refractivity contribution in [1.29, 1.82) is 0 Å². The number of anilines is 1. The van der Waals surface area contributed by atoms with E-state index < -0.39 is 28.5 Å². The zero-order chi connectivity index (χ0) is 21.2. The van der Waals surface area contributed by atoms with Crippen molar-refractivity contribution in [2.24, 2.45) is 0 Å². The molecular formula is C19H19N3O5S2. The fourth-order valence-corrected chi connectivity index (χ4v) is 4.31. The Morgan fingerprint density at radius 1 is 1.14 bits per heavy atom. The number of hydrogen-bond acceptors (Lipinski definition) is 7. The van der Waals surface area contributed by atoms with E-state index in [2.05, 4.69) is 10.3 Å². The van der Waals surface area contributed by atoms with Crippen LogP contribution in [0.5, 0.6) is 0 Å². The Labute approximate surface area is 172 Å². The van der Waals surface area contributed by atoms with Crippen LogP contribution < -0.4 is 5.32 Å². The second kappa shape index (κ2) is 8.27. The van der Waals surface area contributed by atoms with Crippen molar-refractivity contribution in [3.8, 4) is 0 Å². The molecule has 0 saturated carbocycles. The second-order valence-electron chi connectivity index (χ2n) is 6.43. The van der Waals surface area contributed by atoms with Crippen LogP contribution in [0.25, 0.3) is 10.2 Å². The minimum Gasteiger partial charge on any atom is -0.452 e. The van der Waals surface area contributed by atoms with Gasteiger partial charge in [0.05, 0.1) is 20.7 Å². The van der Waals surface area contributed by atoms with Crippen LogP contribution in [0.4, 0.5) is 5.13 Å². The molecule has 0 atom stereocenters. The summed E-state index contributed by atoms with van der Waals surface area (Å²) in [5, 5.41) is 3.03. The SMILES string of the molecule is Cc1ccc2nc(NC(=O)COC(=O)c3ccc(S(=O)(=O)N(C)C)cc3)sc2c1. The van der Waals surface area contributed by atoms with Gasteiger partial charge in [-0.2, -0.15) is 0 Å². The van der Waals surface area contributed by atoms with Crippen molar-refractivity contribution in [2.75, 3.05) is 26.0 Å². The fraction of sp³-hybridized carbons (Fsp3) is 0.211.